The van der Waals surface area contributed by atoms with Crippen LogP contribution in [0.5, 0.6) is 0 Å². The maximum Gasteiger partial charge on any atom is 0.359 e. The molecule has 2 rings (SSSR count). The summed E-state index contributed by atoms with van der Waals surface area (Å²) in [5, 5.41) is 11.3. The van der Waals surface area contributed by atoms with Crippen molar-refractivity contribution in [1.29, 1.82) is 0 Å². The molecule has 0 bridgehead atoms. The molecule has 4 atom stereocenters. The average Bonchev–Trinajstić information content (AvgIpc) is 3.06. The Morgan fingerprint density at radius 1 is 1.22 bits per heavy atom. The van der Waals surface area contributed by atoms with Crippen molar-refractivity contribution >= 4 is 39.7 Å². The summed E-state index contributed by atoms with van der Waals surface area (Å²) in [6, 6.07) is 0. The average molecular weight is 450 g/mol. The van der Waals surface area contributed by atoms with Crippen LogP contribution in [0.1, 0.15) is 27.0 Å². The summed E-state index contributed by atoms with van der Waals surface area (Å²) in [4.78, 5) is 48.6. The van der Waals surface area contributed by atoms with E-state index in [1.807, 2.05) is 0 Å². The molecule has 27 heavy (non-hydrogen) atoms. The minimum absolute atomic E-state index is 0.0647. The van der Waals surface area contributed by atoms with Crippen LogP contribution in [-0.4, -0.2) is 57.3 Å². The van der Waals surface area contributed by atoms with Crippen LogP contribution in [0, 0.1) is 10.1 Å². The van der Waals surface area contributed by atoms with Gasteiger partial charge in [0, 0.05) is 20.8 Å². The van der Waals surface area contributed by atoms with Crippen LogP contribution in [0.15, 0.2) is 10.9 Å². The predicted octanol–water partition coefficient (Wildman–Crippen LogP) is 0.878. The zero-order chi connectivity index (χ0) is 20.3. The van der Waals surface area contributed by atoms with Gasteiger partial charge in [0.1, 0.15) is 12.7 Å². The molecule has 1 aromatic rings. The van der Waals surface area contributed by atoms with E-state index >= 15 is 0 Å². The number of carbonyl (C=O) groups excluding carboxylic acids is 3. The molecule has 1 aromatic heterocycles. The molecule has 2 heterocycles. The second-order valence-electron chi connectivity index (χ2n) is 5.54. The van der Waals surface area contributed by atoms with Crippen molar-refractivity contribution in [3.05, 3.63) is 21.0 Å². The van der Waals surface area contributed by atoms with Crippen molar-refractivity contribution in [3.8, 4) is 0 Å². The van der Waals surface area contributed by atoms with Gasteiger partial charge in [0.25, 0.3) is 0 Å². The van der Waals surface area contributed by atoms with E-state index in [0.29, 0.717) is 0 Å². The van der Waals surface area contributed by atoms with Crippen LogP contribution in [0.3, 0.4) is 0 Å². The molecule has 0 unspecified atom stereocenters. The zero-order valence-corrected chi connectivity index (χ0v) is 16.1. The van der Waals surface area contributed by atoms with E-state index in [1.165, 1.54) is 6.92 Å². The van der Waals surface area contributed by atoms with Crippen molar-refractivity contribution in [2.75, 3.05) is 6.61 Å². The standard InChI is InChI=1S/C14H16BrN3O9/c1-6(19)24-4-9-10(25-7(2)20)11(26-8(3)21)14(27-9)17-5-16-12(15)13(17)18(22)23/h5,9-11,14H,4H2,1-3H3/t9-,10+,11+,14-/m1/s1. The topological polar surface area (TPSA) is 149 Å². The minimum atomic E-state index is -1.24. The van der Waals surface area contributed by atoms with Crippen LogP contribution in [-0.2, 0) is 33.3 Å². The van der Waals surface area contributed by atoms with Gasteiger partial charge in [-0.25, -0.2) is 4.98 Å². The summed E-state index contributed by atoms with van der Waals surface area (Å²) in [7, 11) is 0. The number of carbonyl (C=O) groups is 3. The number of rotatable bonds is 6. The molecule has 1 fully saturated rings. The molecule has 1 aliphatic heterocycles. The lowest BCUT2D eigenvalue weighted by Gasteiger charge is -2.22. The molecule has 0 aromatic carbocycles. The molecule has 13 heteroatoms. The highest BCUT2D eigenvalue weighted by atomic mass is 79.9. The number of imidazole rings is 1. The summed E-state index contributed by atoms with van der Waals surface area (Å²) in [6.07, 6.45) is -3.53. The fourth-order valence-electron chi connectivity index (χ4n) is 2.60. The van der Waals surface area contributed by atoms with Crippen molar-refractivity contribution in [1.82, 2.24) is 9.55 Å². The highest BCUT2D eigenvalue weighted by molar-refractivity contribution is 9.10. The number of esters is 3. The number of nitrogens with zero attached hydrogens (tertiary/aromatic N) is 3. The Bertz CT molecular complexity index is 765. The van der Waals surface area contributed by atoms with Crippen LogP contribution < -0.4 is 0 Å². The van der Waals surface area contributed by atoms with E-state index in [-0.39, 0.29) is 11.2 Å². The number of ether oxygens (including phenoxy) is 4. The van der Waals surface area contributed by atoms with Gasteiger partial charge in [0.15, 0.2) is 12.4 Å². The van der Waals surface area contributed by atoms with Gasteiger partial charge in [0.2, 0.25) is 16.9 Å². The third kappa shape index (κ3) is 4.80. The monoisotopic (exact) mass is 449 g/mol. The lowest BCUT2D eigenvalue weighted by atomic mass is 10.1. The normalized spacial score (nSPS) is 24.3. The molecule has 0 aliphatic carbocycles. The number of aromatic nitrogens is 2. The van der Waals surface area contributed by atoms with Crippen molar-refractivity contribution in [3.63, 3.8) is 0 Å². The summed E-state index contributed by atoms with van der Waals surface area (Å²) >= 11 is 2.96. The first kappa shape index (κ1) is 20.8. The van der Waals surface area contributed by atoms with E-state index < -0.39 is 53.2 Å². The van der Waals surface area contributed by atoms with E-state index in [1.54, 1.807) is 0 Å². The first-order valence-corrected chi connectivity index (χ1v) is 8.41. The number of nitro groups is 1. The predicted molar refractivity (Wildman–Crippen MR) is 88.2 cm³/mol. The molecule has 0 radical (unpaired) electrons. The van der Waals surface area contributed by atoms with E-state index in [0.717, 1.165) is 24.7 Å². The van der Waals surface area contributed by atoms with Gasteiger partial charge in [0.05, 0.1) is 0 Å². The molecular weight excluding hydrogens is 434 g/mol. The van der Waals surface area contributed by atoms with Gasteiger partial charge >= 0.3 is 23.7 Å². The van der Waals surface area contributed by atoms with Crippen molar-refractivity contribution in [2.45, 2.75) is 45.3 Å². The van der Waals surface area contributed by atoms with Crippen LogP contribution in [0.2, 0.25) is 0 Å². The van der Waals surface area contributed by atoms with Crippen LogP contribution >= 0.6 is 15.9 Å². The minimum Gasteiger partial charge on any atom is -0.463 e. The van der Waals surface area contributed by atoms with Crippen LogP contribution in [0.25, 0.3) is 0 Å². The fourth-order valence-corrected chi connectivity index (χ4v) is 3.05. The van der Waals surface area contributed by atoms with Gasteiger partial charge in [-0.3, -0.25) is 14.4 Å². The Balaban J connectivity index is 2.44. The third-order valence-corrected chi connectivity index (χ3v) is 4.07. The molecule has 12 nitrogen and oxygen atoms in total. The van der Waals surface area contributed by atoms with Gasteiger partial charge in [-0.1, -0.05) is 0 Å². The third-order valence-electron chi connectivity index (χ3n) is 3.51. The maximum absolute atomic E-state index is 11.5. The second kappa shape index (κ2) is 8.43. The molecule has 0 spiro atoms. The molecular formula is C14H16BrN3O9. The number of hydrogen-bond acceptors (Lipinski definition) is 10. The Kier molecular flexibility index (Phi) is 6.49. The Morgan fingerprint density at radius 3 is 2.33 bits per heavy atom. The zero-order valence-electron chi connectivity index (χ0n) is 14.5. The van der Waals surface area contributed by atoms with Gasteiger partial charge in [-0.05, 0) is 20.9 Å². The molecule has 0 amide bonds. The van der Waals surface area contributed by atoms with Gasteiger partial charge in [-0.2, -0.15) is 4.57 Å². The Labute approximate surface area is 161 Å². The molecule has 1 aliphatic rings. The summed E-state index contributed by atoms with van der Waals surface area (Å²) < 4.78 is 21.9. The lowest BCUT2D eigenvalue weighted by molar-refractivity contribution is -0.395. The van der Waals surface area contributed by atoms with E-state index in [9.17, 15) is 24.5 Å². The summed E-state index contributed by atoms with van der Waals surface area (Å²) in [5.41, 5.74) is 0. The first-order chi connectivity index (χ1) is 12.6. The Hall–Kier alpha value is -2.54. The van der Waals surface area contributed by atoms with Crippen molar-refractivity contribution < 1.29 is 38.3 Å². The molecule has 0 saturated carbocycles. The van der Waals surface area contributed by atoms with Gasteiger partial charge in [-0.15, -0.1) is 0 Å². The quantitative estimate of drug-likeness (QED) is 0.265. The lowest BCUT2D eigenvalue weighted by Crippen LogP contribution is -2.40. The molecule has 0 N–H and O–H groups in total. The Morgan fingerprint density at radius 2 is 1.81 bits per heavy atom. The van der Waals surface area contributed by atoms with Crippen molar-refractivity contribution in [2.24, 2.45) is 0 Å². The molecule has 148 valence electrons. The number of halogens is 1. The van der Waals surface area contributed by atoms with E-state index in [4.69, 9.17) is 18.9 Å². The first-order valence-electron chi connectivity index (χ1n) is 7.61. The SMILES string of the molecule is CC(=O)OC[C@H]1O[C@@H](n2cnc(Br)c2[N+](=O)[O-])[C@@H](OC(C)=O)[C@H]1OC(C)=O. The molecule has 1 saturated heterocycles. The summed E-state index contributed by atoms with van der Waals surface area (Å²) in [5.74, 6) is -2.48. The smallest absolute Gasteiger partial charge is 0.359 e. The van der Waals surface area contributed by atoms with Gasteiger partial charge < -0.3 is 29.1 Å². The van der Waals surface area contributed by atoms with Crippen LogP contribution in [0.4, 0.5) is 5.82 Å². The summed E-state index contributed by atoms with van der Waals surface area (Å²) in [6.45, 7) is 3.12. The highest BCUT2D eigenvalue weighted by Crippen LogP contribution is 2.38. The number of hydrogen-bond donors (Lipinski definition) is 0. The second-order valence-corrected chi connectivity index (χ2v) is 6.29. The fraction of sp³-hybridized carbons (Fsp3) is 0.571. The maximum atomic E-state index is 11.5. The largest absolute Gasteiger partial charge is 0.463 e. The highest BCUT2D eigenvalue weighted by Gasteiger charge is 2.54. The van der Waals surface area contributed by atoms with E-state index in [2.05, 4.69) is 20.9 Å².